The van der Waals surface area contributed by atoms with Gasteiger partial charge >= 0.3 is 0 Å². The lowest BCUT2D eigenvalue weighted by atomic mass is 9.53. The number of aromatic nitrogens is 1. The molecule has 1 aromatic carbocycles. The van der Waals surface area contributed by atoms with Gasteiger partial charge in [-0.2, -0.15) is 0 Å². The molecule has 2 aromatic rings. The summed E-state index contributed by atoms with van der Waals surface area (Å²) in [5, 5.41) is 7.45. The predicted molar refractivity (Wildman–Crippen MR) is 115 cm³/mol. The Balaban J connectivity index is 1.25. The molecule has 4 aliphatic carbocycles. The van der Waals surface area contributed by atoms with E-state index in [1.165, 1.54) is 32.1 Å². The van der Waals surface area contributed by atoms with Gasteiger partial charge in [0.1, 0.15) is 5.75 Å². The molecule has 4 aliphatic rings. The summed E-state index contributed by atoms with van der Waals surface area (Å²) in [5.41, 5.74) is 1.23. The fourth-order valence-corrected chi connectivity index (χ4v) is 6.37. The predicted octanol–water partition coefficient (Wildman–Crippen LogP) is 5.61. The second kappa shape index (κ2) is 8.09. The third kappa shape index (κ3) is 3.99. The molecule has 160 valence electrons. The van der Waals surface area contributed by atoms with Gasteiger partial charge in [-0.25, -0.2) is 0 Å². The van der Waals surface area contributed by atoms with Crippen molar-refractivity contribution < 1.29 is 14.1 Å². The molecule has 5 heteroatoms. The van der Waals surface area contributed by atoms with Crippen molar-refractivity contribution in [3.05, 3.63) is 36.0 Å². The van der Waals surface area contributed by atoms with Crippen molar-refractivity contribution in [2.24, 2.45) is 17.8 Å². The molecule has 5 nitrogen and oxygen atoms in total. The first kappa shape index (κ1) is 19.7. The lowest BCUT2D eigenvalue weighted by molar-refractivity contribution is -0.0168. The summed E-state index contributed by atoms with van der Waals surface area (Å²) >= 11 is 0. The van der Waals surface area contributed by atoms with Crippen LogP contribution < -0.4 is 10.1 Å². The summed E-state index contributed by atoms with van der Waals surface area (Å²) < 4.78 is 11.4. The largest absolute Gasteiger partial charge is 0.494 e. The van der Waals surface area contributed by atoms with Crippen molar-refractivity contribution in [1.29, 1.82) is 0 Å². The topological polar surface area (TPSA) is 64.4 Å². The summed E-state index contributed by atoms with van der Waals surface area (Å²) in [6, 6.07) is 9.56. The Morgan fingerprint density at radius 1 is 1.13 bits per heavy atom. The highest BCUT2D eigenvalue weighted by molar-refractivity contribution is 5.93. The number of unbranched alkanes of at least 4 members (excludes halogenated alkanes) is 2. The van der Waals surface area contributed by atoms with Gasteiger partial charge in [-0.15, -0.1) is 0 Å². The fraction of sp³-hybridized carbons (Fsp3) is 0.600. The summed E-state index contributed by atoms with van der Waals surface area (Å²) in [5.74, 6) is 3.71. The number of rotatable bonds is 8. The normalized spacial score (nSPS) is 29.2. The Labute approximate surface area is 178 Å². The first-order chi connectivity index (χ1) is 14.6. The molecule has 1 heterocycles. The van der Waals surface area contributed by atoms with Gasteiger partial charge in [0.15, 0.2) is 11.5 Å². The Morgan fingerprint density at radius 2 is 1.87 bits per heavy atom. The first-order valence-electron chi connectivity index (χ1n) is 11.6. The van der Waals surface area contributed by atoms with E-state index in [4.69, 9.17) is 9.26 Å². The molecule has 1 aromatic heterocycles. The van der Waals surface area contributed by atoms with Crippen molar-refractivity contribution in [1.82, 2.24) is 10.5 Å². The molecule has 0 aliphatic heterocycles. The van der Waals surface area contributed by atoms with E-state index in [0.717, 1.165) is 54.7 Å². The van der Waals surface area contributed by atoms with E-state index in [1.54, 1.807) is 6.07 Å². The van der Waals surface area contributed by atoms with Crippen LogP contribution in [0.4, 0.5) is 0 Å². The minimum absolute atomic E-state index is 0.0167. The molecule has 4 bridgehead atoms. The van der Waals surface area contributed by atoms with Gasteiger partial charge in [-0.3, -0.25) is 4.79 Å². The van der Waals surface area contributed by atoms with Crippen LogP contribution in [0.3, 0.4) is 0 Å². The molecule has 0 atom stereocenters. The van der Waals surface area contributed by atoms with Crippen LogP contribution in [-0.4, -0.2) is 23.2 Å². The van der Waals surface area contributed by atoms with Crippen LogP contribution in [-0.2, 0) is 0 Å². The smallest absolute Gasteiger partial charge is 0.273 e. The van der Waals surface area contributed by atoms with Gasteiger partial charge in [0, 0.05) is 17.2 Å². The van der Waals surface area contributed by atoms with Crippen molar-refractivity contribution in [2.45, 2.75) is 70.3 Å². The molecule has 0 radical (unpaired) electrons. The second-order valence-corrected chi connectivity index (χ2v) is 9.81. The highest BCUT2D eigenvalue weighted by atomic mass is 16.5. The van der Waals surface area contributed by atoms with Crippen molar-refractivity contribution in [2.75, 3.05) is 6.61 Å². The number of nitrogens with zero attached hydrogens (tertiary/aromatic N) is 1. The van der Waals surface area contributed by atoms with Crippen LogP contribution in [0.5, 0.6) is 5.75 Å². The van der Waals surface area contributed by atoms with Gasteiger partial charge in [0.05, 0.1) is 6.61 Å². The number of hydrogen-bond donors (Lipinski definition) is 1. The van der Waals surface area contributed by atoms with E-state index in [9.17, 15) is 4.79 Å². The number of carbonyl (C=O) groups excluding carboxylic acids is 1. The van der Waals surface area contributed by atoms with E-state index < -0.39 is 0 Å². The highest BCUT2D eigenvalue weighted by Gasteiger charge is 2.51. The molecule has 1 amide bonds. The van der Waals surface area contributed by atoms with Crippen LogP contribution in [0.15, 0.2) is 34.9 Å². The lowest BCUT2D eigenvalue weighted by Crippen LogP contribution is -2.59. The Bertz CT molecular complexity index is 868. The standard InChI is InChI=1S/C25H32N2O3/c1-2-3-4-8-29-21-7-5-6-20(12-21)23-13-22(27-30-23)24(28)26-25-14-17-9-18(15-25)11-19(10-17)16-25/h5-7,12-13,17-19H,2-4,8-11,14-16H2,1H3,(H,26,28). The molecular formula is C25H32N2O3. The van der Waals surface area contributed by atoms with Crippen LogP contribution in [0.1, 0.15) is 75.2 Å². The second-order valence-electron chi connectivity index (χ2n) is 9.81. The number of ether oxygens (including phenoxy) is 1. The van der Waals surface area contributed by atoms with E-state index in [-0.39, 0.29) is 11.4 Å². The maximum Gasteiger partial charge on any atom is 0.273 e. The van der Waals surface area contributed by atoms with Crippen LogP contribution in [0.2, 0.25) is 0 Å². The fourth-order valence-electron chi connectivity index (χ4n) is 6.37. The third-order valence-corrected chi connectivity index (χ3v) is 7.29. The van der Waals surface area contributed by atoms with Crippen molar-refractivity contribution >= 4 is 5.91 Å². The maximum absolute atomic E-state index is 13.0. The molecule has 0 saturated heterocycles. The summed E-state index contributed by atoms with van der Waals surface area (Å²) in [7, 11) is 0. The maximum atomic E-state index is 13.0. The average molecular weight is 409 g/mol. The minimum Gasteiger partial charge on any atom is -0.494 e. The number of carbonyl (C=O) groups is 1. The average Bonchev–Trinajstić information content (AvgIpc) is 3.21. The number of benzene rings is 1. The van der Waals surface area contributed by atoms with Crippen molar-refractivity contribution in [3.8, 4) is 17.1 Å². The van der Waals surface area contributed by atoms with Crippen LogP contribution >= 0.6 is 0 Å². The zero-order chi connectivity index (χ0) is 20.6. The van der Waals surface area contributed by atoms with Gasteiger partial charge in [0.2, 0.25) is 0 Å². The summed E-state index contributed by atoms with van der Waals surface area (Å²) in [6.45, 7) is 2.90. The molecule has 0 unspecified atom stereocenters. The monoisotopic (exact) mass is 408 g/mol. The zero-order valence-corrected chi connectivity index (χ0v) is 17.9. The Kier molecular flexibility index (Phi) is 5.30. The summed E-state index contributed by atoms with van der Waals surface area (Å²) in [4.78, 5) is 13.0. The summed E-state index contributed by atoms with van der Waals surface area (Å²) in [6.07, 6.45) is 10.9. The number of nitrogens with one attached hydrogen (secondary N) is 1. The molecular weight excluding hydrogens is 376 g/mol. The van der Waals surface area contributed by atoms with Crippen LogP contribution in [0, 0.1) is 17.8 Å². The quantitative estimate of drug-likeness (QED) is 0.577. The lowest BCUT2D eigenvalue weighted by Gasteiger charge is -2.56. The van der Waals surface area contributed by atoms with Gasteiger partial charge in [-0.1, -0.05) is 37.1 Å². The third-order valence-electron chi connectivity index (χ3n) is 7.29. The number of hydrogen-bond acceptors (Lipinski definition) is 4. The van der Waals surface area contributed by atoms with Crippen molar-refractivity contribution in [3.63, 3.8) is 0 Å². The minimum atomic E-state index is -0.0982. The Hall–Kier alpha value is -2.30. The van der Waals surface area contributed by atoms with E-state index in [0.29, 0.717) is 18.1 Å². The number of amides is 1. The molecule has 1 N–H and O–H groups in total. The molecule has 0 spiro atoms. The van der Waals surface area contributed by atoms with Gasteiger partial charge in [-0.05, 0) is 74.8 Å². The zero-order valence-electron chi connectivity index (χ0n) is 17.9. The van der Waals surface area contributed by atoms with E-state index in [1.807, 2.05) is 24.3 Å². The molecule has 30 heavy (non-hydrogen) atoms. The molecule has 6 rings (SSSR count). The van der Waals surface area contributed by atoms with Gasteiger partial charge < -0.3 is 14.6 Å². The van der Waals surface area contributed by atoms with Crippen LogP contribution in [0.25, 0.3) is 11.3 Å². The molecule has 4 saturated carbocycles. The van der Waals surface area contributed by atoms with E-state index in [2.05, 4.69) is 17.4 Å². The Morgan fingerprint density at radius 3 is 2.57 bits per heavy atom. The first-order valence-corrected chi connectivity index (χ1v) is 11.6. The van der Waals surface area contributed by atoms with E-state index >= 15 is 0 Å². The molecule has 4 fully saturated rings. The van der Waals surface area contributed by atoms with Gasteiger partial charge in [0.25, 0.3) is 5.91 Å². The highest BCUT2D eigenvalue weighted by Crippen LogP contribution is 2.55. The SMILES string of the molecule is CCCCCOc1cccc(-c2cc(C(=O)NC34CC5CC(CC(C5)C3)C4)no2)c1.